The van der Waals surface area contributed by atoms with Crippen molar-refractivity contribution in [2.45, 2.75) is 25.7 Å². The molecule has 1 aromatic heterocycles. The van der Waals surface area contributed by atoms with E-state index in [0.717, 1.165) is 0 Å². The molecule has 1 heterocycles. The van der Waals surface area contributed by atoms with E-state index in [4.69, 9.17) is 21.8 Å². The van der Waals surface area contributed by atoms with Crippen LogP contribution in [0.2, 0.25) is 5.28 Å². The lowest BCUT2D eigenvalue weighted by Gasteiger charge is -2.13. The molecular weight excluding hydrogens is 338 g/mol. The quantitative estimate of drug-likeness (QED) is 0.630. The molecule has 4 rings (SSSR count). The van der Waals surface area contributed by atoms with Crippen LogP contribution in [0.3, 0.4) is 0 Å². The van der Waals surface area contributed by atoms with Gasteiger partial charge in [-0.05, 0) is 60.5 Å². The smallest absolute Gasteiger partial charge is 0.225 e. The Bertz CT molecular complexity index is 727. The Kier molecular flexibility index (Phi) is 7.66. The first-order valence-electron chi connectivity index (χ1n) is 7.97. The van der Waals surface area contributed by atoms with Gasteiger partial charge < -0.3 is 10.2 Å². The molecule has 0 amide bonds. The van der Waals surface area contributed by atoms with E-state index >= 15 is 0 Å². The molecule has 0 spiro atoms. The molecule has 3 aromatic rings. The summed E-state index contributed by atoms with van der Waals surface area (Å²) in [7, 11) is 0. The van der Waals surface area contributed by atoms with E-state index in [1.807, 2.05) is 0 Å². The number of aromatic hydroxyl groups is 2. The highest BCUT2D eigenvalue weighted by Gasteiger charge is 2.05. The molecule has 130 valence electrons. The first kappa shape index (κ1) is 18.7. The van der Waals surface area contributed by atoms with E-state index in [0.29, 0.717) is 0 Å². The van der Waals surface area contributed by atoms with Crippen molar-refractivity contribution in [2.75, 3.05) is 0 Å². The lowest BCUT2D eigenvalue weighted by atomic mass is 9.92. The fourth-order valence-corrected chi connectivity index (χ4v) is 2.48. The van der Waals surface area contributed by atoms with Gasteiger partial charge in [0.1, 0.15) is 24.2 Å². The van der Waals surface area contributed by atoms with E-state index in [1.165, 1.54) is 56.5 Å². The fraction of sp³-hybridized carbons (Fsp3) is 0.211. The first-order valence-corrected chi connectivity index (χ1v) is 8.35. The van der Waals surface area contributed by atoms with Gasteiger partial charge in [0.05, 0.1) is 0 Å². The molecule has 0 aliphatic heterocycles. The summed E-state index contributed by atoms with van der Waals surface area (Å²) >= 11 is 5.28. The second-order valence-electron chi connectivity index (χ2n) is 5.40. The predicted molar refractivity (Wildman–Crippen MR) is 97.7 cm³/mol. The largest absolute Gasteiger partial charge is 0.508 e. The highest BCUT2D eigenvalue weighted by Crippen LogP contribution is 2.19. The highest BCUT2D eigenvalue weighted by molar-refractivity contribution is 6.28. The molecule has 0 bridgehead atoms. The number of halogens is 1. The number of hydrogen-bond donors (Lipinski definition) is 2. The van der Waals surface area contributed by atoms with E-state index in [1.54, 1.807) is 17.2 Å². The molecule has 6 heteroatoms. The van der Waals surface area contributed by atoms with Gasteiger partial charge in [0.25, 0.3) is 0 Å². The third-order valence-electron chi connectivity index (χ3n) is 3.55. The minimum Gasteiger partial charge on any atom is -0.508 e. The molecular formula is C19H20ClN3O2. The summed E-state index contributed by atoms with van der Waals surface area (Å²) in [6, 6.07) is 14.7. The lowest BCUT2D eigenvalue weighted by Crippen LogP contribution is -2.00. The molecule has 0 saturated heterocycles. The Morgan fingerprint density at radius 1 is 0.760 bits per heavy atom. The molecule has 2 N–H and O–H groups in total. The number of fused-ring (bicyclic) bond motifs is 1. The summed E-state index contributed by atoms with van der Waals surface area (Å²) in [5.41, 5.74) is 3.16. The fourth-order valence-electron chi connectivity index (χ4n) is 2.39. The Labute approximate surface area is 152 Å². The van der Waals surface area contributed by atoms with Crippen molar-refractivity contribution in [3.63, 3.8) is 0 Å². The van der Waals surface area contributed by atoms with Crippen molar-refractivity contribution in [3.05, 3.63) is 77.6 Å². The Balaban J connectivity index is 0.000000138. The molecule has 5 nitrogen and oxygen atoms in total. The number of phenolic OH excluding ortho intramolecular Hbond substituents is 2. The number of aromatic nitrogens is 3. The van der Waals surface area contributed by atoms with Crippen molar-refractivity contribution in [3.8, 4) is 11.5 Å². The van der Waals surface area contributed by atoms with Gasteiger partial charge in [0.2, 0.25) is 5.28 Å². The minimum absolute atomic E-state index is 0.0880. The Morgan fingerprint density at radius 3 is 1.64 bits per heavy atom. The van der Waals surface area contributed by atoms with Crippen molar-refractivity contribution in [1.82, 2.24) is 15.0 Å². The number of aryl methyl sites for hydroxylation is 2. The number of rotatable bonds is 0. The van der Waals surface area contributed by atoms with Gasteiger partial charge in [0, 0.05) is 6.07 Å². The molecule has 1 aliphatic carbocycles. The monoisotopic (exact) mass is 357 g/mol. The number of hydrogen-bond acceptors (Lipinski definition) is 5. The zero-order valence-electron chi connectivity index (χ0n) is 13.7. The van der Waals surface area contributed by atoms with Gasteiger partial charge in [0.15, 0.2) is 0 Å². The van der Waals surface area contributed by atoms with Crippen LogP contribution in [0, 0.1) is 0 Å². The van der Waals surface area contributed by atoms with Gasteiger partial charge >= 0.3 is 0 Å². The van der Waals surface area contributed by atoms with E-state index in [9.17, 15) is 0 Å². The van der Waals surface area contributed by atoms with Crippen molar-refractivity contribution < 1.29 is 10.2 Å². The third kappa shape index (κ3) is 7.18. The number of benzene rings is 2. The molecule has 2 aromatic carbocycles. The normalized spacial score (nSPS) is 11.9. The summed E-state index contributed by atoms with van der Waals surface area (Å²) in [5.74, 6) is 0.176. The van der Waals surface area contributed by atoms with Crippen LogP contribution in [-0.4, -0.2) is 25.2 Å². The van der Waals surface area contributed by atoms with Gasteiger partial charge in [-0.2, -0.15) is 0 Å². The summed E-state index contributed by atoms with van der Waals surface area (Å²) < 4.78 is 0. The molecule has 0 atom stereocenters. The molecule has 0 radical (unpaired) electrons. The first-order chi connectivity index (χ1) is 12.1. The van der Waals surface area contributed by atoms with Gasteiger partial charge in [-0.25, -0.2) is 15.0 Å². The van der Waals surface area contributed by atoms with Crippen LogP contribution < -0.4 is 0 Å². The average molecular weight is 358 g/mol. The number of phenols is 2. The highest BCUT2D eigenvalue weighted by atomic mass is 35.5. The summed E-state index contributed by atoms with van der Waals surface area (Å²) in [6.07, 6.45) is 8.06. The molecule has 0 fully saturated rings. The Hall–Kier alpha value is -2.66. The SMILES string of the molecule is Clc1ncncn1.Oc1cccc(O)c1.c1ccc2c(c1)CCCC2. The van der Waals surface area contributed by atoms with Crippen molar-refractivity contribution in [1.29, 1.82) is 0 Å². The second-order valence-corrected chi connectivity index (χ2v) is 5.74. The summed E-state index contributed by atoms with van der Waals surface area (Å²) in [4.78, 5) is 10.6. The maximum absolute atomic E-state index is 8.65. The van der Waals surface area contributed by atoms with Crippen LogP contribution in [0.15, 0.2) is 61.2 Å². The molecule has 1 aliphatic rings. The van der Waals surface area contributed by atoms with Crippen molar-refractivity contribution >= 4 is 11.6 Å². The van der Waals surface area contributed by atoms with Gasteiger partial charge in [-0.3, -0.25) is 0 Å². The summed E-state index contributed by atoms with van der Waals surface area (Å²) in [6.45, 7) is 0. The predicted octanol–water partition coefficient (Wildman–Crippen LogP) is 4.19. The van der Waals surface area contributed by atoms with E-state index in [-0.39, 0.29) is 16.8 Å². The van der Waals surface area contributed by atoms with Crippen LogP contribution in [0.5, 0.6) is 11.5 Å². The third-order valence-corrected chi connectivity index (χ3v) is 3.75. The molecule has 0 saturated carbocycles. The maximum atomic E-state index is 8.65. The second kappa shape index (κ2) is 10.3. The minimum atomic E-state index is 0.0880. The topological polar surface area (TPSA) is 79.1 Å². The Morgan fingerprint density at radius 2 is 1.28 bits per heavy atom. The average Bonchev–Trinajstić information content (AvgIpc) is 2.63. The van der Waals surface area contributed by atoms with Crippen LogP contribution in [-0.2, 0) is 12.8 Å². The molecule has 25 heavy (non-hydrogen) atoms. The molecule has 0 unspecified atom stereocenters. The van der Waals surface area contributed by atoms with E-state index in [2.05, 4.69) is 39.2 Å². The van der Waals surface area contributed by atoms with Crippen LogP contribution in [0.1, 0.15) is 24.0 Å². The zero-order valence-corrected chi connectivity index (χ0v) is 14.5. The zero-order chi connectivity index (χ0) is 17.9. The van der Waals surface area contributed by atoms with Gasteiger partial charge in [-0.1, -0.05) is 30.3 Å². The maximum Gasteiger partial charge on any atom is 0.225 e. The van der Waals surface area contributed by atoms with Crippen LogP contribution in [0.25, 0.3) is 0 Å². The van der Waals surface area contributed by atoms with Crippen LogP contribution >= 0.6 is 11.6 Å². The van der Waals surface area contributed by atoms with Gasteiger partial charge in [-0.15, -0.1) is 0 Å². The standard InChI is InChI=1S/C10H12.C6H6O2.C3H2ClN3/c1-2-6-10-8-4-3-7-9(10)5-1;7-5-2-1-3-6(8)4-5;4-3-6-1-5-2-7-3/h1-2,5-6H,3-4,7-8H2;1-4,7-8H;1-2H. The van der Waals surface area contributed by atoms with Crippen LogP contribution in [0.4, 0.5) is 0 Å². The number of nitrogens with zero attached hydrogens (tertiary/aromatic N) is 3. The van der Waals surface area contributed by atoms with Crippen molar-refractivity contribution in [2.24, 2.45) is 0 Å². The summed E-state index contributed by atoms with van der Waals surface area (Å²) in [5, 5.41) is 17.5. The lowest BCUT2D eigenvalue weighted by molar-refractivity contribution is 0.450. The van der Waals surface area contributed by atoms with E-state index < -0.39 is 0 Å².